The average Bonchev–Trinajstić information content (AvgIpc) is 3.45. The number of rotatable bonds is 2. The third-order valence-electron chi connectivity index (χ3n) is 7.92. The fourth-order valence-corrected chi connectivity index (χ4v) is 6.17. The fraction of sp³-hybridized carbons (Fsp3) is 0.0286. The SMILES string of the molecule is Cn1c2ccccc2c2cc(-c3ccc4c(c3)c3c5ccccc5ccc3n4-c3ccccc3)ccc21. The smallest absolute Gasteiger partial charge is 0.0547 e. The molecule has 174 valence electrons. The van der Waals surface area contributed by atoms with Crippen LogP contribution in [0.15, 0.2) is 127 Å². The van der Waals surface area contributed by atoms with Gasteiger partial charge in [0, 0.05) is 45.3 Å². The summed E-state index contributed by atoms with van der Waals surface area (Å²) in [6.07, 6.45) is 0. The van der Waals surface area contributed by atoms with Gasteiger partial charge >= 0.3 is 0 Å². The van der Waals surface area contributed by atoms with E-state index < -0.39 is 0 Å². The first-order valence-electron chi connectivity index (χ1n) is 12.8. The molecule has 0 bridgehead atoms. The standard InChI is InChI=1S/C35H24N2/c1-36-31-14-8-7-13-28(31)29-21-24(16-18-32(29)36)25-17-19-33-30(22-25)35-27-12-6-5-9-23(27)15-20-34(35)37(33)26-10-3-2-4-11-26/h2-22H,1H3. The molecule has 2 heterocycles. The highest BCUT2D eigenvalue weighted by Gasteiger charge is 2.16. The van der Waals surface area contributed by atoms with Crippen LogP contribution in [0.3, 0.4) is 0 Å². The molecule has 0 N–H and O–H groups in total. The third kappa shape index (κ3) is 2.87. The summed E-state index contributed by atoms with van der Waals surface area (Å²) in [6.45, 7) is 0. The van der Waals surface area contributed by atoms with E-state index in [1.54, 1.807) is 0 Å². The van der Waals surface area contributed by atoms with Crippen molar-refractivity contribution in [1.82, 2.24) is 9.13 Å². The van der Waals surface area contributed by atoms with E-state index in [0.717, 1.165) is 0 Å². The Morgan fingerprint density at radius 1 is 0.432 bits per heavy atom. The molecular formula is C35H24N2. The highest BCUT2D eigenvalue weighted by Crippen LogP contribution is 2.39. The minimum atomic E-state index is 1.18. The first-order valence-corrected chi connectivity index (χ1v) is 12.8. The Labute approximate surface area is 214 Å². The number of benzene rings is 6. The molecule has 2 nitrogen and oxygen atoms in total. The van der Waals surface area contributed by atoms with E-state index in [4.69, 9.17) is 0 Å². The maximum atomic E-state index is 2.40. The summed E-state index contributed by atoms with van der Waals surface area (Å²) in [5, 5.41) is 7.75. The number of aryl methyl sites for hydroxylation is 1. The van der Waals surface area contributed by atoms with Gasteiger partial charge < -0.3 is 9.13 Å². The summed E-state index contributed by atoms with van der Waals surface area (Å²) in [6, 6.07) is 46.4. The van der Waals surface area contributed by atoms with Gasteiger partial charge in [0.05, 0.1) is 11.0 Å². The zero-order chi connectivity index (χ0) is 24.5. The number of aromatic nitrogens is 2. The van der Waals surface area contributed by atoms with Crippen LogP contribution < -0.4 is 0 Å². The molecule has 8 rings (SSSR count). The Hall–Kier alpha value is -4.82. The van der Waals surface area contributed by atoms with E-state index in [1.807, 2.05) is 0 Å². The summed E-state index contributed by atoms with van der Waals surface area (Å²) < 4.78 is 4.69. The van der Waals surface area contributed by atoms with Crippen LogP contribution in [0.4, 0.5) is 0 Å². The zero-order valence-electron chi connectivity index (χ0n) is 20.5. The lowest BCUT2D eigenvalue weighted by Crippen LogP contribution is -1.93. The molecule has 0 amide bonds. The predicted molar refractivity (Wildman–Crippen MR) is 158 cm³/mol. The van der Waals surface area contributed by atoms with Gasteiger partial charge in [-0.25, -0.2) is 0 Å². The molecule has 2 aromatic heterocycles. The summed E-state index contributed by atoms with van der Waals surface area (Å²) in [5.74, 6) is 0. The normalized spacial score (nSPS) is 11.9. The van der Waals surface area contributed by atoms with Crippen molar-refractivity contribution in [1.29, 1.82) is 0 Å². The second-order valence-corrected chi connectivity index (χ2v) is 9.89. The second-order valence-electron chi connectivity index (χ2n) is 9.89. The van der Waals surface area contributed by atoms with E-state index in [9.17, 15) is 0 Å². The lowest BCUT2D eigenvalue weighted by atomic mass is 9.99. The Kier molecular flexibility index (Phi) is 4.18. The molecule has 0 saturated carbocycles. The van der Waals surface area contributed by atoms with Crippen LogP contribution in [0.1, 0.15) is 0 Å². The largest absolute Gasteiger partial charge is 0.344 e. The van der Waals surface area contributed by atoms with Gasteiger partial charge in [-0.2, -0.15) is 0 Å². The number of fused-ring (bicyclic) bond motifs is 8. The van der Waals surface area contributed by atoms with Gasteiger partial charge in [-0.15, -0.1) is 0 Å². The molecule has 0 saturated heterocycles. The summed E-state index contributed by atoms with van der Waals surface area (Å²) >= 11 is 0. The minimum Gasteiger partial charge on any atom is -0.344 e. The molecule has 0 aliphatic carbocycles. The number of para-hydroxylation sites is 2. The molecule has 37 heavy (non-hydrogen) atoms. The zero-order valence-corrected chi connectivity index (χ0v) is 20.5. The Balaban J connectivity index is 1.45. The molecule has 2 heteroatoms. The van der Waals surface area contributed by atoms with Crippen molar-refractivity contribution in [3.05, 3.63) is 127 Å². The molecule has 6 aromatic carbocycles. The van der Waals surface area contributed by atoms with Crippen LogP contribution in [0, 0.1) is 0 Å². The number of hydrogen-bond donors (Lipinski definition) is 0. The molecular weight excluding hydrogens is 448 g/mol. The molecule has 0 aliphatic rings. The van der Waals surface area contributed by atoms with E-state index in [0.29, 0.717) is 0 Å². The van der Waals surface area contributed by atoms with Crippen LogP contribution >= 0.6 is 0 Å². The van der Waals surface area contributed by atoms with Gasteiger partial charge in [-0.3, -0.25) is 0 Å². The van der Waals surface area contributed by atoms with Gasteiger partial charge in [-0.1, -0.05) is 78.9 Å². The molecule has 0 unspecified atom stereocenters. The van der Waals surface area contributed by atoms with Gasteiger partial charge in [0.15, 0.2) is 0 Å². The first kappa shape index (κ1) is 20.4. The molecule has 0 atom stereocenters. The summed E-state index contributed by atoms with van der Waals surface area (Å²) in [5.41, 5.74) is 8.66. The summed E-state index contributed by atoms with van der Waals surface area (Å²) in [7, 11) is 2.15. The lowest BCUT2D eigenvalue weighted by Gasteiger charge is -2.08. The molecule has 0 fully saturated rings. The quantitative estimate of drug-likeness (QED) is 0.237. The van der Waals surface area contributed by atoms with Crippen molar-refractivity contribution in [2.45, 2.75) is 0 Å². The monoisotopic (exact) mass is 472 g/mol. The van der Waals surface area contributed by atoms with E-state index in [-0.39, 0.29) is 0 Å². The fourth-order valence-electron chi connectivity index (χ4n) is 6.17. The van der Waals surface area contributed by atoms with Crippen molar-refractivity contribution in [2.75, 3.05) is 0 Å². The van der Waals surface area contributed by atoms with Crippen molar-refractivity contribution < 1.29 is 0 Å². The van der Waals surface area contributed by atoms with Gasteiger partial charge in [0.25, 0.3) is 0 Å². The topological polar surface area (TPSA) is 9.86 Å². The number of nitrogens with zero attached hydrogens (tertiary/aromatic N) is 2. The van der Waals surface area contributed by atoms with E-state index in [2.05, 4.69) is 144 Å². The van der Waals surface area contributed by atoms with Crippen molar-refractivity contribution in [2.24, 2.45) is 7.05 Å². The lowest BCUT2D eigenvalue weighted by molar-refractivity contribution is 1.01. The minimum absolute atomic E-state index is 1.18. The van der Waals surface area contributed by atoms with Gasteiger partial charge in [-0.05, 0) is 70.4 Å². The van der Waals surface area contributed by atoms with Gasteiger partial charge in [0.2, 0.25) is 0 Å². The second kappa shape index (κ2) is 7.59. The Morgan fingerprint density at radius 2 is 1.05 bits per heavy atom. The van der Waals surface area contributed by atoms with Crippen LogP contribution in [0.5, 0.6) is 0 Å². The van der Waals surface area contributed by atoms with E-state index >= 15 is 0 Å². The van der Waals surface area contributed by atoms with Crippen LogP contribution in [0.2, 0.25) is 0 Å². The Morgan fingerprint density at radius 3 is 1.89 bits per heavy atom. The predicted octanol–water partition coefficient (Wildman–Crippen LogP) is 9.25. The molecule has 8 aromatic rings. The van der Waals surface area contributed by atoms with Gasteiger partial charge in [0.1, 0.15) is 0 Å². The summed E-state index contributed by atoms with van der Waals surface area (Å²) in [4.78, 5) is 0. The van der Waals surface area contributed by atoms with Crippen molar-refractivity contribution >= 4 is 54.4 Å². The molecule has 0 spiro atoms. The average molecular weight is 473 g/mol. The molecule has 0 radical (unpaired) electrons. The van der Waals surface area contributed by atoms with Crippen LogP contribution in [-0.4, -0.2) is 9.13 Å². The first-order chi connectivity index (χ1) is 18.3. The number of hydrogen-bond acceptors (Lipinski definition) is 0. The van der Waals surface area contributed by atoms with Crippen LogP contribution in [-0.2, 0) is 7.05 Å². The highest BCUT2D eigenvalue weighted by atomic mass is 15.0. The van der Waals surface area contributed by atoms with Crippen LogP contribution in [0.25, 0.3) is 71.2 Å². The highest BCUT2D eigenvalue weighted by molar-refractivity contribution is 6.22. The maximum Gasteiger partial charge on any atom is 0.0547 e. The van der Waals surface area contributed by atoms with Crippen molar-refractivity contribution in [3.63, 3.8) is 0 Å². The Bertz CT molecular complexity index is 2140. The van der Waals surface area contributed by atoms with E-state index in [1.165, 1.54) is 71.2 Å². The van der Waals surface area contributed by atoms with Crippen molar-refractivity contribution in [3.8, 4) is 16.8 Å². The third-order valence-corrected chi connectivity index (χ3v) is 7.92. The maximum absolute atomic E-state index is 2.40. The molecule has 0 aliphatic heterocycles.